The number of rotatable bonds is 6. The summed E-state index contributed by atoms with van der Waals surface area (Å²) in [6.07, 6.45) is 0. The lowest BCUT2D eigenvalue weighted by Gasteiger charge is -2.08. The van der Waals surface area contributed by atoms with Crippen molar-refractivity contribution >= 4 is 66.6 Å². The van der Waals surface area contributed by atoms with Crippen LogP contribution in [0, 0.1) is 0 Å². The van der Waals surface area contributed by atoms with Crippen LogP contribution in [0.5, 0.6) is 0 Å². The summed E-state index contributed by atoms with van der Waals surface area (Å²) < 4.78 is 3.09. The van der Waals surface area contributed by atoms with Gasteiger partial charge < -0.3 is 0 Å². The van der Waals surface area contributed by atoms with Gasteiger partial charge in [0, 0.05) is 16.1 Å². The number of fused-ring (bicyclic) bond motifs is 2. The van der Waals surface area contributed by atoms with Gasteiger partial charge >= 0.3 is 0 Å². The lowest BCUT2D eigenvalue weighted by Crippen LogP contribution is -1.92. The molecule has 2 heterocycles. The van der Waals surface area contributed by atoms with E-state index in [0.29, 0.717) is 4.58 Å². The number of hydrogen-bond donors (Lipinski definition) is 0. The average Bonchev–Trinajstić information content (AvgIpc) is 3.21. The fraction of sp³-hybridized carbons (Fsp3) is 0.222. The Bertz CT molecular complexity index is 816. The molecule has 0 aliphatic rings. The molecule has 0 saturated carbocycles. The van der Waals surface area contributed by atoms with Gasteiger partial charge in [0.2, 0.25) is 0 Å². The smallest absolute Gasteiger partial charge is 0.104 e. The van der Waals surface area contributed by atoms with Crippen LogP contribution in [0.4, 0.5) is 0 Å². The zero-order valence-corrected chi connectivity index (χ0v) is 16.4. The van der Waals surface area contributed by atoms with Gasteiger partial charge in [-0.1, -0.05) is 24.3 Å². The zero-order chi connectivity index (χ0) is 16.4. The first kappa shape index (κ1) is 16.4. The minimum atomic E-state index is 0.532. The Morgan fingerprint density at radius 1 is 0.792 bits per heavy atom. The van der Waals surface area contributed by atoms with Gasteiger partial charge in [-0.05, 0) is 31.2 Å². The maximum absolute atomic E-state index is 4.71. The molecular formula is C18H16N2S4. The van der Waals surface area contributed by atoms with Gasteiger partial charge in [0.25, 0.3) is 0 Å². The lowest BCUT2D eigenvalue weighted by atomic mass is 10.3. The van der Waals surface area contributed by atoms with Crippen LogP contribution in [-0.4, -0.2) is 14.5 Å². The third-order valence-electron chi connectivity index (χ3n) is 3.56. The minimum Gasteiger partial charge on any atom is -0.240 e. The minimum absolute atomic E-state index is 0.532. The Kier molecular flexibility index (Phi) is 5.08. The van der Waals surface area contributed by atoms with Crippen LogP contribution in [0.25, 0.3) is 20.4 Å². The number of benzene rings is 2. The summed E-state index contributed by atoms with van der Waals surface area (Å²) in [4.78, 5) is 9.42. The van der Waals surface area contributed by atoms with E-state index in [0.717, 1.165) is 22.5 Å². The Balaban J connectivity index is 1.32. The van der Waals surface area contributed by atoms with Crippen LogP contribution in [0.15, 0.2) is 48.5 Å². The third kappa shape index (κ3) is 3.77. The number of para-hydroxylation sites is 2. The van der Waals surface area contributed by atoms with E-state index in [1.165, 1.54) is 19.4 Å². The van der Waals surface area contributed by atoms with Gasteiger partial charge in [0.15, 0.2) is 0 Å². The summed E-state index contributed by atoms with van der Waals surface area (Å²) in [6.45, 7) is 2.27. The quantitative estimate of drug-likeness (QED) is 0.356. The topological polar surface area (TPSA) is 25.8 Å². The maximum atomic E-state index is 4.71. The maximum Gasteiger partial charge on any atom is 0.104 e. The second kappa shape index (κ2) is 7.44. The van der Waals surface area contributed by atoms with Crippen molar-refractivity contribution in [3.05, 3.63) is 58.5 Å². The molecule has 0 aliphatic heterocycles. The molecule has 0 saturated heterocycles. The monoisotopic (exact) mass is 388 g/mol. The summed E-state index contributed by atoms with van der Waals surface area (Å²) >= 11 is 7.53. The molecule has 0 amide bonds. The first-order valence-corrected chi connectivity index (χ1v) is 11.4. The predicted octanol–water partition coefficient (Wildman–Crippen LogP) is 6.42. The Morgan fingerprint density at radius 3 is 1.71 bits per heavy atom. The first-order chi connectivity index (χ1) is 11.8. The Morgan fingerprint density at radius 2 is 1.25 bits per heavy atom. The van der Waals surface area contributed by atoms with Crippen LogP contribution in [0.3, 0.4) is 0 Å². The average molecular weight is 389 g/mol. The van der Waals surface area contributed by atoms with Crippen molar-refractivity contribution in [1.82, 2.24) is 9.97 Å². The summed E-state index contributed by atoms with van der Waals surface area (Å²) in [6, 6.07) is 16.7. The van der Waals surface area contributed by atoms with Crippen molar-refractivity contribution in [2.45, 2.75) is 23.0 Å². The SMILES string of the molecule is CC(SCc1nc2ccccc2s1)SCc1nc2ccccc2s1. The largest absolute Gasteiger partial charge is 0.240 e. The molecule has 4 aromatic rings. The van der Waals surface area contributed by atoms with Gasteiger partial charge in [-0.2, -0.15) is 0 Å². The van der Waals surface area contributed by atoms with Gasteiger partial charge in [0.1, 0.15) is 10.0 Å². The molecule has 0 fully saturated rings. The highest BCUT2D eigenvalue weighted by atomic mass is 32.2. The summed E-state index contributed by atoms with van der Waals surface area (Å²) in [5.74, 6) is 1.96. The van der Waals surface area contributed by atoms with Crippen LogP contribution < -0.4 is 0 Å². The van der Waals surface area contributed by atoms with Crippen molar-refractivity contribution in [3.8, 4) is 0 Å². The highest BCUT2D eigenvalue weighted by Gasteiger charge is 2.10. The van der Waals surface area contributed by atoms with Crippen molar-refractivity contribution in [2.75, 3.05) is 0 Å². The molecule has 0 aliphatic carbocycles. The van der Waals surface area contributed by atoms with E-state index in [1.54, 1.807) is 22.7 Å². The molecule has 24 heavy (non-hydrogen) atoms. The summed E-state index contributed by atoms with van der Waals surface area (Å²) in [5, 5.41) is 2.43. The molecule has 6 heteroatoms. The van der Waals surface area contributed by atoms with Gasteiger partial charge in [-0.15, -0.1) is 46.2 Å². The van der Waals surface area contributed by atoms with Crippen LogP contribution in [0.1, 0.15) is 16.9 Å². The molecule has 0 spiro atoms. The van der Waals surface area contributed by atoms with E-state index >= 15 is 0 Å². The predicted molar refractivity (Wildman–Crippen MR) is 111 cm³/mol. The molecule has 0 bridgehead atoms. The zero-order valence-electron chi connectivity index (χ0n) is 13.1. The van der Waals surface area contributed by atoms with E-state index in [-0.39, 0.29) is 0 Å². The van der Waals surface area contributed by atoms with E-state index in [9.17, 15) is 0 Å². The van der Waals surface area contributed by atoms with E-state index in [4.69, 9.17) is 9.97 Å². The summed E-state index contributed by atoms with van der Waals surface area (Å²) in [7, 11) is 0. The van der Waals surface area contributed by atoms with E-state index < -0.39 is 0 Å². The molecule has 0 radical (unpaired) electrons. The number of thioether (sulfide) groups is 2. The van der Waals surface area contributed by atoms with Crippen molar-refractivity contribution in [2.24, 2.45) is 0 Å². The standard InChI is InChI=1S/C18H16N2S4/c1-12(21-10-17-19-13-6-2-4-8-15(13)23-17)22-11-18-20-14-7-3-5-9-16(14)24-18/h2-9,12H,10-11H2,1H3. The van der Waals surface area contributed by atoms with Gasteiger partial charge in [-0.25, -0.2) is 9.97 Å². The van der Waals surface area contributed by atoms with Gasteiger partial charge in [-0.3, -0.25) is 0 Å². The fourth-order valence-electron chi connectivity index (χ4n) is 2.39. The Hall–Kier alpha value is -1.08. The second-order valence-corrected chi connectivity index (χ2v) is 10.5. The molecule has 2 aromatic carbocycles. The highest BCUT2D eigenvalue weighted by Crippen LogP contribution is 2.33. The van der Waals surface area contributed by atoms with Crippen LogP contribution >= 0.6 is 46.2 Å². The van der Waals surface area contributed by atoms with E-state index in [2.05, 4.69) is 55.5 Å². The fourth-order valence-corrected chi connectivity index (χ4v) is 6.47. The third-order valence-corrected chi connectivity index (χ3v) is 8.63. The number of nitrogens with zero attached hydrogens (tertiary/aromatic N) is 2. The van der Waals surface area contributed by atoms with Crippen LogP contribution in [-0.2, 0) is 11.5 Å². The second-order valence-electron chi connectivity index (χ2n) is 5.34. The molecule has 0 atom stereocenters. The van der Waals surface area contributed by atoms with E-state index in [1.807, 2.05) is 23.5 Å². The number of thiazole rings is 2. The summed E-state index contributed by atoms with van der Waals surface area (Å²) in [5.41, 5.74) is 2.24. The molecule has 122 valence electrons. The molecular weight excluding hydrogens is 372 g/mol. The lowest BCUT2D eigenvalue weighted by molar-refractivity contribution is 1.28. The van der Waals surface area contributed by atoms with Crippen molar-refractivity contribution in [3.63, 3.8) is 0 Å². The molecule has 0 N–H and O–H groups in total. The van der Waals surface area contributed by atoms with Crippen molar-refractivity contribution in [1.29, 1.82) is 0 Å². The Labute approximate surface area is 157 Å². The van der Waals surface area contributed by atoms with Crippen molar-refractivity contribution < 1.29 is 0 Å². The molecule has 0 unspecified atom stereocenters. The number of aromatic nitrogens is 2. The van der Waals surface area contributed by atoms with Gasteiger partial charge in [0.05, 0.1) is 20.4 Å². The molecule has 4 rings (SSSR count). The molecule has 2 aromatic heterocycles. The van der Waals surface area contributed by atoms with Crippen LogP contribution in [0.2, 0.25) is 0 Å². The first-order valence-electron chi connectivity index (χ1n) is 7.70. The number of hydrogen-bond acceptors (Lipinski definition) is 6. The normalized spacial score (nSPS) is 11.8. The highest BCUT2D eigenvalue weighted by molar-refractivity contribution is 8.16. The molecule has 2 nitrogen and oxygen atoms in total.